The first-order chi connectivity index (χ1) is 27.0. The molecule has 1 atom stereocenters. The number of carbonyl (C=O) groups is 2. The first kappa shape index (κ1) is 53.7. The molecule has 0 saturated heterocycles. The second-order valence-electron chi connectivity index (χ2n) is 13.1. The normalized spacial score (nSPS) is 14.2. The van der Waals surface area contributed by atoms with Crippen LogP contribution in [0, 0.1) is 0 Å². The van der Waals surface area contributed by atoms with Crippen molar-refractivity contribution in [2.75, 3.05) is 11.9 Å². The van der Waals surface area contributed by atoms with Gasteiger partial charge in [0.25, 0.3) is 0 Å². The van der Waals surface area contributed by atoms with E-state index in [0.29, 0.717) is 42.6 Å². The maximum atomic E-state index is 12.9. The third-order valence-electron chi connectivity index (χ3n) is 8.33. The summed E-state index contributed by atoms with van der Waals surface area (Å²) in [5.41, 5.74) is 11.1. The lowest BCUT2D eigenvalue weighted by atomic mass is 9.93. The minimum atomic E-state index is -4.90. The molecule has 2 aromatic carbocycles. The third kappa shape index (κ3) is 22.0. The van der Waals surface area contributed by atoms with Crippen LogP contribution in [0.4, 0.5) is 45.2 Å². The predicted molar refractivity (Wildman–Crippen MR) is 208 cm³/mol. The number of unbranched alkanes of at least 4 members (excludes halogenated alkanes) is 6. The van der Waals surface area contributed by atoms with Crippen molar-refractivity contribution in [2.45, 2.75) is 149 Å². The number of anilines is 1. The number of rotatable bonds is 15. The molecule has 0 unspecified atom stereocenters. The molecule has 7 N–H and O–H groups in total. The predicted octanol–water partition coefficient (Wildman–Crippen LogP) is 9.93. The van der Waals surface area contributed by atoms with Gasteiger partial charge in [-0.25, -0.2) is 4.99 Å². The molecule has 0 aliphatic carbocycles. The van der Waals surface area contributed by atoms with Crippen LogP contribution >= 0.6 is 0 Å². The molecule has 0 radical (unpaired) electrons. The SMILES string of the molecule is CC.CCCC.CC[C@@H]1CCc2cc(OC(F)(F)F)ccc2N1C(=O)CCCCCCCCC(N)=O.CN(N)NC(N)=NCc1cc(C(F)(F)F)cc(C(F)(F)F)c1. The second kappa shape index (κ2) is 26.7. The molecule has 0 spiro atoms. The fourth-order valence-corrected chi connectivity index (χ4v) is 5.47. The van der Waals surface area contributed by atoms with Gasteiger partial charge in [0.15, 0.2) is 0 Å². The first-order valence-corrected chi connectivity index (χ1v) is 19.3. The molecule has 1 heterocycles. The summed E-state index contributed by atoms with van der Waals surface area (Å²) in [6.07, 6.45) is -3.46. The smallest absolute Gasteiger partial charge is 0.406 e. The molecule has 19 heteroatoms. The molecular weight excluding hydrogens is 785 g/mol. The number of benzene rings is 2. The Kier molecular flexibility index (Phi) is 24.7. The number of carbonyl (C=O) groups excluding carboxylic acids is 2. The van der Waals surface area contributed by atoms with E-state index >= 15 is 0 Å². The van der Waals surface area contributed by atoms with Crippen molar-refractivity contribution >= 4 is 23.5 Å². The van der Waals surface area contributed by atoms with E-state index < -0.39 is 36.4 Å². The highest BCUT2D eigenvalue weighted by Crippen LogP contribution is 2.38. The van der Waals surface area contributed by atoms with Crippen LogP contribution in [0.5, 0.6) is 5.75 Å². The molecule has 0 bridgehead atoms. The van der Waals surface area contributed by atoms with Crippen molar-refractivity contribution in [3.63, 3.8) is 0 Å². The molecule has 2 amide bonds. The van der Waals surface area contributed by atoms with E-state index in [0.717, 1.165) is 56.5 Å². The zero-order valence-electron chi connectivity index (χ0n) is 34.1. The molecule has 1 aliphatic rings. The molecular formula is C39H60F9N7O3. The van der Waals surface area contributed by atoms with Gasteiger partial charge in [0.1, 0.15) is 5.75 Å². The second-order valence-corrected chi connectivity index (χ2v) is 13.1. The van der Waals surface area contributed by atoms with Crippen LogP contribution in [0.1, 0.15) is 134 Å². The largest absolute Gasteiger partial charge is 0.573 e. The number of aryl methyl sites for hydroxylation is 1. The van der Waals surface area contributed by atoms with Gasteiger partial charge in [0.05, 0.1) is 17.7 Å². The molecule has 332 valence electrons. The lowest BCUT2D eigenvalue weighted by Gasteiger charge is -2.37. The fourth-order valence-electron chi connectivity index (χ4n) is 5.47. The average Bonchev–Trinajstić information content (AvgIpc) is 3.13. The maximum absolute atomic E-state index is 12.9. The number of amides is 2. The number of guanidine groups is 1. The number of halogens is 9. The Hall–Kier alpha value is -4.26. The van der Waals surface area contributed by atoms with E-state index in [4.69, 9.17) is 17.3 Å². The minimum absolute atomic E-state index is 0.0148. The molecule has 0 fully saturated rings. The van der Waals surface area contributed by atoms with Crippen molar-refractivity contribution in [2.24, 2.45) is 22.3 Å². The summed E-state index contributed by atoms with van der Waals surface area (Å²) < 4.78 is 117. The highest BCUT2D eigenvalue weighted by Gasteiger charge is 2.37. The van der Waals surface area contributed by atoms with Gasteiger partial charge in [-0.3, -0.25) is 20.9 Å². The van der Waals surface area contributed by atoms with E-state index in [1.165, 1.54) is 32.0 Å². The number of hydrogen-bond acceptors (Lipinski definition) is 6. The monoisotopic (exact) mass is 845 g/mol. The average molecular weight is 846 g/mol. The molecule has 0 saturated carbocycles. The Bertz CT molecular complexity index is 1500. The van der Waals surface area contributed by atoms with Gasteiger partial charge in [-0.15, -0.1) is 13.2 Å². The molecule has 2 aromatic rings. The zero-order chi connectivity index (χ0) is 44.7. The summed E-state index contributed by atoms with van der Waals surface area (Å²) in [4.78, 5) is 29.0. The van der Waals surface area contributed by atoms with E-state index in [1.54, 1.807) is 11.0 Å². The number of primary amides is 1. The van der Waals surface area contributed by atoms with Gasteiger partial charge in [-0.05, 0) is 79.6 Å². The van der Waals surface area contributed by atoms with Gasteiger partial charge < -0.3 is 21.1 Å². The van der Waals surface area contributed by atoms with Gasteiger partial charge in [0, 0.05) is 31.6 Å². The highest BCUT2D eigenvalue weighted by atomic mass is 19.4. The Balaban J connectivity index is 0.00000102. The quantitative estimate of drug-likeness (QED) is 0.0348. The number of alkyl halides is 9. The number of ether oxygens (including phenoxy) is 1. The van der Waals surface area contributed by atoms with Crippen LogP contribution in [-0.4, -0.2) is 42.3 Å². The number of nitrogens with two attached hydrogens (primary N) is 3. The van der Waals surface area contributed by atoms with Crippen LogP contribution in [0.2, 0.25) is 0 Å². The van der Waals surface area contributed by atoms with E-state index in [1.807, 2.05) is 20.8 Å². The summed E-state index contributed by atoms with van der Waals surface area (Å²) in [6.45, 7) is 9.91. The number of aliphatic imine (C=N–C) groups is 1. The Morgan fingerprint density at radius 1 is 0.828 bits per heavy atom. The Morgan fingerprint density at radius 3 is 1.79 bits per heavy atom. The van der Waals surface area contributed by atoms with E-state index in [9.17, 15) is 49.1 Å². The van der Waals surface area contributed by atoms with Crippen molar-refractivity contribution < 1.29 is 53.8 Å². The third-order valence-corrected chi connectivity index (χ3v) is 8.33. The van der Waals surface area contributed by atoms with Crippen molar-refractivity contribution in [1.82, 2.24) is 10.5 Å². The van der Waals surface area contributed by atoms with Gasteiger partial charge in [-0.2, -0.15) is 31.5 Å². The lowest BCUT2D eigenvalue weighted by molar-refractivity contribution is -0.274. The van der Waals surface area contributed by atoms with Crippen LogP contribution in [0.15, 0.2) is 41.4 Å². The number of fused-ring (bicyclic) bond motifs is 1. The standard InChI is InChI=1S/C22H31F3N2O3.C11H13F6N5.C4H10.C2H6/c1-2-17-12-11-16-15-18(30-22(23,24)25)13-14-19(16)27(17)21(29)10-8-6-4-3-5-7-9-20(26)28;1-22(19)21-9(18)20-5-6-2-7(10(12,13)14)4-8(3-6)11(15,16)17;1-3-4-2;1-2/h13-15,17H,2-12H2,1H3,(H2,26,28);2-4H,5,19H2,1H3,(H3,18,20,21);3-4H2,1-2H3;1-2H3/t17-;;;/m1.../s1. The Labute approximate surface area is 335 Å². The van der Waals surface area contributed by atoms with Gasteiger partial charge in [-0.1, -0.05) is 73.1 Å². The summed E-state index contributed by atoms with van der Waals surface area (Å²) >= 11 is 0. The minimum Gasteiger partial charge on any atom is -0.406 e. The Morgan fingerprint density at radius 2 is 1.34 bits per heavy atom. The highest BCUT2D eigenvalue weighted by molar-refractivity contribution is 5.95. The molecule has 3 rings (SSSR count). The van der Waals surface area contributed by atoms with Crippen LogP contribution < -0.4 is 32.4 Å². The van der Waals surface area contributed by atoms with Crippen LogP contribution in [-0.2, 0) is 34.9 Å². The number of hydrazine groups is 2. The maximum Gasteiger partial charge on any atom is 0.573 e. The summed E-state index contributed by atoms with van der Waals surface area (Å²) in [5, 5.41) is 0.923. The molecule has 58 heavy (non-hydrogen) atoms. The topological polar surface area (TPSA) is 152 Å². The number of nitrogens with one attached hydrogen (secondary N) is 1. The first-order valence-electron chi connectivity index (χ1n) is 19.3. The van der Waals surface area contributed by atoms with E-state index in [-0.39, 0.29) is 41.2 Å². The fraction of sp³-hybridized carbons (Fsp3) is 0.615. The summed E-state index contributed by atoms with van der Waals surface area (Å²) in [7, 11) is 1.37. The number of nitrogens with zero attached hydrogens (tertiary/aromatic N) is 3. The van der Waals surface area contributed by atoms with Crippen molar-refractivity contribution in [1.29, 1.82) is 0 Å². The van der Waals surface area contributed by atoms with Gasteiger partial charge in [0.2, 0.25) is 17.8 Å². The summed E-state index contributed by atoms with van der Waals surface area (Å²) in [5.74, 6) is 4.43. The lowest BCUT2D eigenvalue weighted by Crippen LogP contribution is -2.47. The molecule has 10 nitrogen and oxygen atoms in total. The van der Waals surface area contributed by atoms with E-state index in [2.05, 4.69) is 29.0 Å². The van der Waals surface area contributed by atoms with Crippen LogP contribution in [0.25, 0.3) is 0 Å². The van der Waals surface area contributed by atoms with Gasteiger partial charge >= 0.3 is 18.7 Å². The number of hydrogen-bond donors (Lipinski definition) is 4. The van der Waals surface area contributed by atoms with Crippen molar-refractivity contribution in [3.05, 3.63) is 58.7 Å². The van der Waals surface area contributed by atoms with Crippen molar-refractivity contribution in [3.8, 4) is 5.75 Å². The molecule has 0 aromatic heterocycles. The summed E-state index contributed by atoms with van der Waals surface area (Å²) in [6, 6.07) is 5.50. The molecule has 1 aliphatic heterocycles. The zero-order valence-corrected chi connectivity index (χ0v) is 34.1. The van der Waals surface area contributed by atoms with Crippen LogP contribution in [0.3, 0.4) is 0 Å².